The second-order valence-corrected chi connectivity index (χ2v) is 7.61. The van der Waals surface area contributed by atoms with Gasteiger partial charge in [0.2, 0.25) is 0 Å². The highest BCUT2D eigenvalue weighted by molar-refractivity contribution is 9.10. The Morgan fingerprint density at radius 1 is 1.09 bits per heavy atom. The Hall–Kier alpha value is -0.930. The van der Waals surface area contributed by atoms with Gasteiger partial charge in [0.1, 0.15) is 0 Å². The van der Waals surface area contributed by atoms with E-state index in [1.807, 2.05) is 30.3 Å². The zero-order valence-corrected chi connectivity index (χ0v) is 14.9. The van der Waals surface area contributed by atoms with Gasteiger partial charge in [-0.15, -0.1) is 0 Å². The minimum absolute atomic E-state index is 0.266. The molecule has 0 bridgehead atoms. The summed E-state index contributed by atoms with van der Waals surface area (Å²) in [5.74, 6) is 0. The van der Waals surface area contributed by atoms with Crippen molar-refractivity contribution in [3.05, 3.63) is 34.3 Å². The maximum absolute atomic E-state index is 10.4. The van der Waals surface area contributed by atoms with Gasteiger partial charge < -0.3 is 15.9 Å². The quantitative estimate of drug-likeness (QED) is 0.683. The Labute approximate surface area is 146 Å². The topological polar surface area (TPSA) is 90.3 Å². The number of hydrogen-bond acceptors (Lipinski definition) is 4. The van der Waals surface area contributed by atoms with Crippen molar-refractivity contribution in [3.8, 4) is 6.07 Å². The molecule has 2 saturated carbocycles. The summed E-state index contributed by atoms with van der Waals surface area (Å²) in [4.78, 5) is 0. The van der Waals surface area contributed by atoms with Gasteiger partial charge in [-0.05, 0) is 56.2 Å². The van der Waals surface area contributed by atoms with E-state index in [4.69, 9.17) is 16.1 Å². The van der Waals surface area contributed by atoms with Gasteiger partial charge in [-0.2, -0.15) is 5.26 Å². The van der Waals surface area contributed by atoms with E-state index >= 15 is 0 Å². The standard InChI is InChI=1S/C12H16BrNO.C6H9NO/c13-10-5-3-4-9(8-10)11(14)12(15)6-1-2-7-12;7-5-6(8)3-1-2-4-6/h3-5,8,11,15H,1-2,6-7,14H2;8H,1-4H2. The molecule has 2 aliphatic rings. The molecule has 3 rings (SSSR count). The molecule has 1 unspecified atom stereocenters. The fourth-order valence-electron chi connectivity index (χ4n) is 3.38. The average molecular weight is 381 g/mol. The predicted octanol–water partition coefficient (Wildman–Crippen LogP) is 3.57. The van der Waals surface area contributed by atoms with E-state index < -0.39 is 11.2 Å². The smallest absolute Gasteiger partial charge is 0.151 e. The number of nitrogens with zero attached hydrogens (tertiary/aromatic N) is 1. The molecule has 0 aromatic heterocycles. The lowest BCUT2D eigenvalue weighted by Crippen LogP contribution is -2.38. The fraction of sp³-hybridized carbons (Fsp3) is 0.611. The molecule has 2 aliphatic carbocycles. The van der Waals surface area contributed by atoms with Crippen molar-refractivity contribution in [2.24, 2.45) is 5.73 Å². The van der Waals surface area contributed by atoms with E-state index in [1.165, 1.54) is 0 Å². The Morgan fingerprint density at radius 2 is 1.65 bits per heavy atom. The highest BCUT2D eigenvalue weighted by Gasteiger charge is 2.38. The molecule has 1 atom stereocenters. The number of nitriles is 1. The highest BCUT2D eigenvalue weighted by atomic mass is 79.9. The summed E-state index contributed by atoms with van der Waals surface area (Å²) in [5, 5.41) is 27.8. The molecule has 0 radical (unpaired) electrons. The first-order valence-corrected chi connectivity index (χ1v) is 9.05. The van der Waals surface area contributed by atoms with Crippen molar-refractivity contribution in [1.29, 1.82) is 5.26 Å². The minimum Gasteiger partial charge on any atom is -0.388 e. The van der Waals surface area contributed by atoms with Gasteiger partial charge in [0, 0.05) is 4.47 Å². The normalized spacial score (nSPS) is 22.7. The predicted molar refractivity (Wildman–Crippen MR) is 93.5 cm³/mol. The summed E-state index contributed by atoms with van der Waals surface area (Å²) in [6, 6.07) is 9.52. The first-order valence-electron chi connectivity index (χ1n) is 8.26. The molecule has 5 heteroatoms. The van der Waals surface area contributed by atoms with Crippen LogP contribution >= 0.6 is 15.9 Å². The molecule has 0 heterocycles. The summed E-state index contributed by atoms with van der Waals surface area (Å²) in [7, 11) is 0. The van der Waals surface area contributed by atoms with Crippen LogP contribution in [0.4, 0.5) is 0 Å². The zero-order valence-electron chi connectivity index (χ0n) is 13.3. The Bertz CT molecular complexity index is 558. The van der Waals surface area contributed by atoms with E-state index in [1.54, 1.807) is 0 Å². The van der Waals surface area contributed by atoms with Crippen molar-refractivity contribution in [1.82, 2.24) is 0 Å². The fourth-order valence-corrected chi connectivity index (χ4v) is 3.80. The van der Waals surface area contributed by atoms with Crippen molar-refractivity contribution < 1.29 is 10.2 Å². The van der Waals surface area contributed by atoms with Crippen LogP contribution in [0.5, 0.6) is 0 Å². The third kappa shape index (κ3) is 4.77. The van der Waals surface area contributed by atoms with Gasteiger partial charge in [-0.3, -0.25) is 0 Å². The van der Waals surface area contributed by atoms with Crippen LogP contribution in [0.1, 0.15) is 63.0 Å². The van der Waals surface area contributed by atoms with Crippen molar-refractivity contribution in [2.45, 2.75) is 68.6 Å². The molecule has 4 N–H and O–H groups in total. The van der Waals surface area contributed by atoms with Crippen LogP contribution in [0.3, 0.4) is 0 Å². The number of benzene rings is 1. The van der Waals surface area contributed by atoms with Crippen LogP contribution in [-0.4, -0.2) is 21.4 Å². The molecule has 0 saturated heterocycles. The van der Waals surface area contributed by atoms with Gasteiger partial charge in [-0.25, -0.2) is 0 Å². The molecule has 4 nitrogen and oxygen atoms in total. The summed E-state index contributed by atoms with van der Waals surface area (Å²) >= 11 is 3.42. The number of halogens is 1. The molecule has 1 aromatic carbocycles. The van der Waals surface area contributed by atoms with Gasteiger partial charge in [0.15, 0.2) is 5.60 Å². The number of rotatable bonds is 2. The van der Waals surface area contributed by atoms with E-state index in [-0.39, 0.29) is 6.04 Å². The van der Waals surface area contributed by atoms with Crippen LogP contribution in [-0.2, 0) is 0 Å². The molecule has 1 aromatic rings. The molecule has 126 valence electrons. The maximum Gasteiger partial charge on any atom is 0.151 e. The van der Waals surface area contributed by atoms with Gasteiger partial charge in [-0.1, -0.05) is 40.9 Å². The zero-order chi connectivity index (χ0) is 16.9. The van der Waals surface area contributed by atoms with Crippen molar-refractivity contribution in [2.75, 3.05) is 0 Å². The molecule has 23 heavy (non-hydrogen) atoms. The van der Waals surface area contributed by atoms with Crippen LogP contribution in [0.15, 0.2) is 28.7 Å². The average Bonchev–Trinajstić information content (AvgIpc) is 3.17. The van der Waals surface area contributed by atoms with E-state index in [2.05, 4.69) is 15.9 Å². The summed E-state index contributed by atoms with van der Waals surface area (Å²) < 4.78 is 1.01. The Balaban J connectivity index is 0.000000203. The first-order chi connectivity index (χ1) is 10.9. The Morgan fingerprint density at radius 3 is 2.13 bits per heavy atom. The number of hydrogen-bond donors (Lipinski definition) is 3. The first kappa shape index (κ1) is 18.4. The van der Waals surface area contributed by atoms with E-state index in [9.17, 15) is 5.11 Å². The van der Waals surface area contributed by atoms with Gasteiger partial charge in [0.25, 0.3) is 0 Å². The summed E-state index contributed by atoms with van der Waals surface area (Å²) in [5.41, 5.74) is 5.49. The highest BCUT2D eigenvalue weighted by Crippen LogP contribution is 2.38. The lowest BCUT2D eigenvalue weighted by atomic mass is 9.88. The Kier molecular flexibility index (Phi) is 6.21. The van der Waals surface area contributed by atoms with Crippen LogP contribution in [0.25, 0.3) is 0 Å². The van der Waals surface area contributed by atoms with Crippen molar-refractivity contribution in [3.63, 3.8) is 0 Å². The second-order valence-electron chi connectivity index (χ2n) is 6.69. The molecule has 2 fully saturated rings. The maximum atomic E-state index is 10.4. The van der Waals surface area contributed by atoms with Crippen LogP contribution < -0.4 is 5.73 Å². The van der Waals surface area contributed by atoms with Crippen molar-refractivity contribution >= 4 is 15.9 Å². The molecule has 0 amide bonds. The van der Waals surface area contributed by atoms with Gasteiger partial charge >= 0.3 is 0 Å². The molecular weight excluding hydrogens is 356 g/mol. The number of nitrogens with two attached hydrogens (primary N) is 1. The number of aliphatic hydroxyl groups is 2. The second kappa shape index (κ2) is 7.76. The van der Waals surface area contributed by atoms with E-state index in [0.717, 1.165) is 48.6 Å². The molecule has 0 spiro atoms. The minimum atomic E-state index is -0.958. The van der Waals surface area contributed by atoms with E-state index in [0.29, 0.717) is 12.8 Å². The van der Waals surface area contributed by atoms with Gasteiger partial charge in [0.05, 0.1) is 17.7 Å². The lowest BCUT2D eigenvalue weighted by Gasteiger charge is -2.30. The third-order valence-corrected chi connectivity index (χ3v) is 5.39. The van der Waals surface area contributed by atoms with Crippen LogP contribution in [0, 0.1) is 11.3 Å². The molecular formula is C18H25BrN2O2. The summed E-state index contributed by atoms with van der Waals surface area (Å²) in [6.07, 6.45) is 7.15. The largest absolute Gasteiger partial charge is 0.388 e. The van der Waals surface area contributed by atoms with Crippen LogP contribution in [0.2, 0.25) is 0 Å². The lowest BCUT2D eigenvalue weighted by molar-refractivity contribution is 0.0203. The molecule has 0 aliphatic heterocycles. The monoisotopic (exact) mass is 380 g/mol. The summed E-state index contributed by atoms with van der Waals surface area (Å²) in [6.45, 7) is 0. The SMILES string of the molecule is N#CC1(O)CCCC1.NC(c1cccc(Br)c1)C1(O)CCCC1. The third-order valence-electron chi connectivity index (χ3n) is 4.89.